The predicted molar refractivity (Wildman–Crippen MR) is 101 cm³/mol. The Morgan fingerprint density at radius 1 is 1.35 bits per heavy atom. The van der Waals surface area contributed by atoms with E-state index in [0.29, 0.717) is 30.2 Å². The van der Waals surface area contributed by atoms with Crippen LogP contribution in [0.25, 0.3) is 5.52 Å². The van der Waals surface area contributed by atoms with Crippen LogP contribution >= 0.6 is 27.5 Å². The van der Waals surface area contributed by atoms with Gasteiger partial charge >= 0.3 is 5.97 Å². The van der Waals surface area contributed by atoms with Crippen LogP contribution in [0, 0.1) is 29.6 Å². The van der Waals surface area contributed by atoms with Crippen LogP contribution in [0.2, 0.25) is 5.28 Å². The van der Waals surface area contributed by atoms with Crippen molar-refractivity contribution in [3.63, 3.8) is 0 Å². The van der Waals surface area contributed by atoms with E-state index in [-0.39, 0.29) is 23.2 Å². The van der Waals surface area contributed by atoms with Crippen LogP contribution in [-0.4, -0.2) is 33.2 Å². The molecule has 0 saturated heterocycles. The number of aromatic nitrogens is 3. The zero-order chi connectivity index (χ0) is 18.0. The first-order valence-corrected chi connectivity index (χ1v) is 10.4. The quantitative estimate of drug-likeness (QED) is 0.734. The Morgan fingerprint density at radius 2 is 2.12 bits per heavy atom. The molecule has 0 aliphatic heterocycles. The van der Waals surface area contributed by atoms with E-state index in [1.165, 1.54) is 12.8 Å². The number of ether oxygens (including phenoxy) is 1. The van der Waals surface area contributed by atoms with Gasteiger partial charge in [0.2, 0.25) is 5.28 Å². The van der Waals surface area contributed by atoms with Gasteiger partial charge in [0, 0.05) is 6.04 Å². The molecule has 4 saturated carbocycles. The fourth-order valence-electron chi connectivity index (χ4n) is 5.42. The van der Waals surface area contributed by atoms with E-state index in [2.05, 4.69) is 31.3 Å². The largest absolute Gasteiger partial charge is 0.466 e. The smallest absolute Gasteiger partial charge is 0.311 e. The number of esters is 1. The van der Waals surface area contributed by atoms with Gasteiger partial charge in [-0.2, -0.15) is 4.98 Å². The Kier molecular flexibility index (Phi) is 3.94. The topological polar surface area (TPSA) is 68.5 Å². The first kappa shape index (κ1) is 16.8. The van der Waals surface area contributed by atoms with Crippen molar-refractivity contribution in [1.29, 1.82) is 0 Å². The van der Waals surface area contributed by atoms with Gasteiger partial charge in [0.1, 0.15) is 10.1 Å². The molecule has 1 N–H and O–H groups in total. The molecule has 2 aromatic rings. The Balaban J connectivity index is 1.53. The van der Waals surface area contributed by atoms with Crippen molar-refractivity contribution in [3.05, 3.63) is 22.0 Å². The average Bonchev–Trinajstić information content (AvgIpc) is 3.36. The Bertz CT molecular complexity index is 887. The number of anilines is 1. The molecule has 4 aliphatic rings. The van der Waals surface area contributed by atoms with Crippen molar-refractivity contribution in [3.8, 4) is 0 Å². The number of nitrogens with zero attached hydrogens (tertiary/aromatic N) is 3. The number of fused-ring (bicyclic) bond motifs is 3. The third-order valence-corrected chi connectivity index (χ3v) is 7.19. The summed E-state index contributed by atoms with van der Waals surface area (Å²) >= 11 is 9.62. The lowest BCUT2D eigenvalue weighted by Gasteiger charge is -2.47. The van der Waals surface area contributed by atoms with Crippen LogP contribution < -0.4 is 5.32 Å². The monoisotopic (exact) mass is 438 g/mol. The van der Waals surface area contributed by atoms with Gasteiger partial charge < -0.3 is 10.1 Å². The summed E-state index contributed by atoms with van der Waals surface area (Å²) in [7, 11) is 0. The summed E-state index contributed by atoms with van der Waals surface area (Å²) in [6, 6.07) is 3.90. The maximum absolute atomic E-state index is 12.8. The maximum atomic E-state index is 12.8. The molecule has 0 aromatic carbocycles. The summed E-state index contributed by atoms with van der Waals surface area (Å²) in [5.41, 5.74) is 0.845. The molecule has 2 aromatic heterocycles. The number of nitrogens with one attached hydrogen (secondary N) is 1. The molecule has 4 aliphatic carbocycles. The van der Waals surface area contributed by atoms with E-state index in [9.17, 15) is 4.79 Å². The predicted octanol–water partition coefficient (Wildman–Crippen LogP) is 3.78. The Morgan fingerprint density at radius 3 is 2.92 bits per heavy atom. The highest BCUT2D eigenvalue weighted by molar-refractivity contribution is 9.10. The zero-order valence-corrected chi connectivity index (χ0v) is 16.7. The molecule has 0 amide bonds. The van der Waals surface area contributed by atoms with Crippen LogP contribution in [-0.2, 0) is 9.53 Å². The minimum absolute atomic E-state index is 0.0417. The zero-order valence-electron chi connectivity index (χ0n) is 14.4. The van der Waals surface area contributed by atoms with E-state index >= 15 is 0 Å². The summed E-state index contributed by atoms with van der Waals surface area (Å²) < 4.78 is 7.97. The normalized spacial score (nSPS) is 34.6. The van der Waals surface area contributed by atoms with Crippen molar-refractivity contribution in [2.45, 2.75) is 32.2 Å². The molecule has 26 heavy (non-hydrogen) atoms. The fraction of sp³-hybridized carbons (Fsp3) is 0.611. The SMILES string of the molecule is CCOC(=O)[C@H]1[C@H](Nc2nc(Cl)nn3c(Br)ccc23)[C@@H]2CC[C@H]1C1CC12. The van der Waals surface area contributed by atoms with Crippen LogP contribution in [0.3, 0.4) is 0 Å². The third kappa shape index (κ3) is 2.47. The fourth-order valence-corrected chi connectivity index (χ4v) is 5.98. The van der Waals surface area contributed by atoms with E-state index in [0.717, 1.165) is 22.5 Å². The van der Waals surface area contributed by atoms with Crippen LogP contribution in [0.1, 0.15) is 26.2 Å². The van der Waals surface area contributed by atoms with Gasteiger partial charge in [-0.1, -0.05) is 0 Å². The van der Waals surface area contributed by atoms with Gasteiger partial charge in [0.15, 0.2) is 5.82 Å². The first-order valence-electron chi connectivity index (χ1n) is 9.22. The second-order valence-corrected chi connectivity index (χ2v) is 8.75. The molecular formula is C18H20BrClN4O2. The highest BCUT2D eigenvalue weighted by Gasteiger charge is 2.63. The summed E-state index contributed by atoms with van der Waals surface area (Å²) in [6.07, 6.45) is 3.54. The van der Waals surface area contributed by atoms with Crippen molar-refractivity contribution < 1.29 is 9.53 Å². The summed E-state index contributed by atoms with van der Waals surface area (Å²) in [5, 5.41) is 7.99. The third-order valence-electron chi connectivity index (χ3n) is 6.43. The highest BCUT2D eigenvalue weighted by Crippen LogP contribution is 2.64. The summed E-state index contributed by atoms with van der Waals surface area (Å²) in [4.78, 5) is 17.2. The summed E-state index contributed by atoms with van der Waals surface area (Å²) in [6.45, 7) is 2.29. The van der Waals surface area contributed by atoms with Gasteiger partial charge in [-0.25, -0.2) is 4.52 Å². The van der Waals surface area contributed by atoms with Crippen molar-refractivity contribution >= 4 is 44.8 Å². The molecule has 0 spiro atoms. The lowest BCUT2D eigenvalue weighted by atomic mass is 9.61. The van der Waals surface area contributed by atoms with Gasteiger partial charge in [0.25, 0.3) is 0 Å². The molecule has 0 radical (unpaired) electrons. The minimum atomic E-state index is -0.107. The van der Waals surface area contributed by atoms with E-state index < -0.39 is 0 Å². The van der Waals surface area contributed by atoms with Crippen LogP contribution in [0.15, 0.2) is 16.7 Å². The molecule has 6 nitrogen and oxygen atoms in total. The Hall–Kier alpha value is -1.34. The van der Waals surface area contributed by atoms with Gasteiger partial charge in [0.05, 0.1) is 12.5 Å². The first-order chi connectivity index (χ1) is 12.6. The lowest BCUT2D eigenvalue weighted by molar-refractivity contribution is -0.155. The second kappa shape index (κ2) is 6.09. The number of carbonyl (C=O) groups is 1. The molecule has 2 bridgehead atoms. The van der Waals surface area contributed by atoms with Crippen LogP contribution in [0.5, 0.6) is 0 Å². The molecule has 6 rings (SSSR count). The molecule has 2 unspecified atom stereocenters. The van der Waals surface area contributed by atoms with Gasteiger partial charge in [-0.05, 0) is 89.5 Å². The number of carbonyl (C=O) groups excluding carboxylic acids is 1. The Labute approximate surface area is 164 Å². The van der Waals surface area contributed by atoms with Crippen molar-refractivity contribution in [2.24, 2.45) is 29.6 Å². The minimum Gasteiger partial charge on any atom is -0.466 e. The van der Waals surface area contributed by atoms with E-state index in [4.69, 9.17) is 16.3 Å². The molecule has 2 heterocycles. The lowest BCUT2D eigenvalue weighted by Crippen LogP contribution is -2.53. The molecule has 138 valence electrons. The number of rotatable bonds is 4. The average molecular weight is 440 g/mol. The molecule has 4 fully saturated rings. The van der Waals surface area contributed by atoms with Crippen molar-refractivity contribution in [1.82, 2.24) is 14.6 Å². The highest BCUT2D eigenvalue weighted by atomic mass is 79.9. The van der Waals surface area contributed by atoms with Gasteiger partial charge in [-0.15, -0.1) is 5.10 Å². The van der Waals surface area contributed by atoms with E-state index in [1.54, 1.807) is 4.52 Å². The maximum Gasteiger partial charge on any atom is 0.311 e. The number of hydrogen-bond donors (Lipinski definition) is 1. The van der Waals surface area contributed by atoms with Crippen LogP contribution in [0.4, 0.5) is 5.82 Å². The van der Waals surface area contributed by atoms with Gasteiger partial charge in [-0.3, -0.25) is 4.79 Å². The number of halogens is 2. The molecule has 6 atom stereocenters. The second-order valence-electron chi connectivity index (χ2n) is 7.60. The van der Waals surface area contributed by atoms with E-state index in [1.807, 2.05) is 19.1 Å². The summed E-state index contributed by atoms with van der Waals surface area (Å²) in [5.74, 6) is 2.86. The number of hydrogen-bond acceptors (Lipinski definition) is 5. The molecular weight excluding hydrogens is 420 g/mol. The van der Waals surface area contributed by atoms with Crippen molar-refractivity contribution in [2.75, 3.05) is 11.9 Å². The standard InChI is InChI=1S/C18H20BrClN4O2/c1-2-26-17(25)14-8-3-4-9(11-7-10(8)11)15(14)21-16-12-5-6-13(19)24(12)23-18(20)22-16/h5-6,8-11,14-15H,2-4,7H2,1H3,(H,21,22,23)/t8-,9+,10?,11?,14+,15+/m0/s1. The molecule has 8 heteroatoms.